The van der Waals surface area contributed by atoms with Gasteiger partial charge in [-0.05, 0) is 104 Å². The third-order valence-corrected chi connectivity index (χ3v) is 14.6. The zero-order chi connectivity index (χ0) is 40.2. The van der Waals surface area contributed by atoms with Gasteiger partial charge in [-0.1, -0.05) is 59.1 Å². The minimum absolute atomic E-state index is 0.0123. The van der Waals surface area contributed by atoms with E-state index in [9.17, 15) is 19.5 Å². The topological polar surface area (TPSA) is 122 Å². The number of aromatic hydroxyl groups is 1. The van der Waals surface area contributed by atoms with Crippen LogP contribution in [0.25, 0.3) is 26.7 Å². The van der Waals surface area contributed by atoms with Crippen LogP contribution in [0.1, 0.15) is 36.5 Å². The number of aryl methyl sites for hydroxylation is 3. The van der Waals surface area contributed by atoms with Crippen LogP contribution in [-0.4, -0.2) is 45.6 Å². The molecule has 4 amide bonds. The summed E-state index contributed by atoms with van der Waals surface area (Å²) in [5.74, 6) is -4.01. The van der Waals surface area contributed by atoms with Crippen molar-refractivity contribution in [2.24, 2.45) is 42.1 Å². The van der Waals surface area contributed by atoms with Crippen molar-refractivity contribution in [1.82, 2.24) is 9.78 Å². The van der Waals surface area contributed by atoms with Crippen LogP contribution >= 0.6 is 34.5 Å². The molecular weight excluding hydrogens is 783 g/mol. The minimum atomic E-state index is -1.24. The van der Waals surface area contributed by atoms with Crippen LogP contribution in [0.5, 0.6) is 11.5 Å². The predicted molar refractivity (Wildman–Crippen MR) is 222 cm³/mol. The number of ether oxygens (including phenoxy) is 1. The van der Waals surface area contributed by atoms with Crippen LogP contribution in [0.15, 0.2) is 78.4 Å². The molecule has 1 N–H and O–H groups in total. The van der Waals surface area contributed by atoms with Gasteiger partial charge < -0.3 is 9.84 Å². The molecule has 1 saturated carbocycles. The van der Waals surface area contributed by atoms with Crippen molar-refractivity contribution in [2.45, 2.75) is 33.6 Å². The van der Waals surface area contributed by atoms with Crippen LogP contribution in [0, 0.1) is 48.9 Å². The van der Waals surface area contributed by atoms with E-state index in [-0.39, 0.29) is 41.5 Å². The molecule has 2 saturated heterocycles. The summed E-state index contributed by atoms with van der Waals surface area (Å²) in [6, 6.07) is 17.6. The first-order valence-corrected chi connectivity index (χ1v) is 20.3. The Bertz CT molecular complexity index is 2660. The number of hydrogen-bond acceptors (Lipinski definition) is 8. The van der Waals surface area contributed by atoms with Crippen molar-refractivity contribution >= 4 is 85.8 Å². The highest BCUT2D eigenvalue weighted by molar-refractivity contribution is 7.22. The van der Waals surface area contributed by atoms with Crippen LogP contribution in [0.2, 0.25) is 10.0 Å². The SMILES string of the molecule is COc1cc(C=C[C@H]2C3=CC[C@@H]4C(=O)N(c5ccc(C)c(Cl)c5)C(=O)[C@@H]4[C@@H]3C[C@H]3C(=O)N(c4cc(-c5sc6ccc(Cl)cc6c5C)nn4C)C(=O)[C@@]23C)ccc1O. The molecule has 0 spiro atoms. The standard InChI is InChI=1S/C44H38Cl2N4O6S/c1-21-6-10-25(18-32(21)46)49-40(52)27-12-11-26-29(38(27)42(49)54)19-31-41(53)50(43(55)44(31,3)30(26)13-7-23-8-14-34(51)35(16-23)56-5)37-20-33(47-48(37)4)39-22(2)28-17-24(45)9-15-36(28)57-39/h6-11,13-18,20,27,29-31,38,51H,12,19H2,1-5H3/t27-,29+,30-,31-,38-,44-/m0/s1. The van der Waals surface area contributed by atoms with Crippen LogP contribution < -0.4 is 14.5 Å². The van der Waals surface area contributed by atoms with Gasteiger partial charge in [0.1, 0.15) is 11.5 Å². The van der Waals surface area contributed by atoms with E-state index in [1.807, 2.05) is 57.2 Å². The maximum absolute atomic E-state index is 15.1. The Hall–Kier alpha value is -5.23. The van der Waals surface area contributed by atoms with E-state index in [0.717, 1.165) is 31.7 Å². The molecule has 290 valence electrons. The van der Waals surface area contributed by atoms with Gasteiger partial charge in [0, 0.05) is 33.8 Å². The molecular formula is C44H38Cl2N4O6S. The normalized spacial score (nSPS) is 25.7. The van der Waals surface area contributed by atoms with Gasteiger partial charge >= 0.3 is 0 Å². The number of methoxy groups -OCH3 is 1. The number of phenols is 1. The van der Waals surface area contributed by atoms with Crippen LogP contribution in [-0.2, 0) is 26.2 Å². The van der Waals surface area contributed by atoms with Crippen molar-refractivity contribution in [3.63, 3.8) is 0 Å². The van der Waals surface area contributed by atoms with E-state index in [4.69, 9.17) is 33.0 Å². The fourth-order valence-electron chi connectivity index (χ4n) is 9.63. The summed E-state index contributed by atoms with van der Waals surface area (Å²) in [7, 11) is 3.19. The first kappa shape index (κ1) is 37.4. The summed E-state index contributed by atoms with van der Waals surface area (Å²) in [6.07, 6.45) is 6.31. The van der Waals surface area contributed by atoms with E-state index in [1.54, 1.807) is 59.5 Å². The number of fused-ring (bicyclic) bond motifs is 5. The van der Waals surface area contributed by atoms with Crippen molar-refractivity contribution in [1.29, 1.82) is 0 Å². The molecule has 5 aromatic rings. The Morgan fingerprint density at radius 3 is 2.49 bits per heavy atom. The van der Waals surface area contributed by atoms with E-state index in [0.29, 0.717) is 39.2 Å². The summed E-state index contributed by atoms with van der Waals surface area (Å²) in [4.78, 5) is 61.9. The number of benzene rings is 3. The Kier molecular flexibility index (Phi) is 8.80. The highest BCUT2D eigenvalue weighted by Gasteiger charge is 2.67. The first-order chi connectivity index (χ1) is 27.2. The third-order valence-electron chi connectivity index (χ3n) is 12.7. The summed E-state index contributed by atoms with van der Waals surface area (Å²) < 4.78 is 7.97. The van der Waals surface area contributed by atoms with E-state index in [1.165, 1.54) is 23.0 Å². The van der Waals surface area contributed by atoms with Crippen molar-refractivity contribution < 1.29 is 29.0 Å². The van der Waals surface area contributed by atoms with Gasteiger partial charge in [-0.25, -0.2) is 9.80 Å². The zero-order valence-corrected chi connectivity index (χ0v) is 34.1. The molecule has 9 rings (SSSR count). The highest BCUT2D eigenvalue weighted by atomic mass is 35.5. The molecule has 0 radical (unpaired) electrons. The molecule has 13 heteroatoms. The maximum atomic E-state index is 15.1. The van der Waals surface area contributed by atoms with Crippen molar-refractivity contribution in [3.05, 3.63) is 105 Å². The Balaban J connectivity index is 1.14. The van der Waals surface area contributed by atoms with E-state index < -0.39 is 35.0 Å². The van der Waals surface area contributed by atoms with Gasteiger partial charge in [-0.15, -0.1) is 11.3 Å². The van der Waals surface area contributed by atoms with Crippen molar-refractivity contribution in [2.75, 3.05) is 16.9 Å². The lowest BCUT2D eigenvalue weighted by Crippen LogP contribution is -2.49. The smallest absolute Gasteiger partial charge is 0.242 e. The van der Waals surface area contributed by atoms with Gasteiger partial charge in [0.15, 0.2) is 11.5 Å². The number of anilines is 2. The minimum Gasteiger partial charge on any atom is -0.504 e. The molecule has 3 aromatic carbocycles. The number of carbonyl (C=O) groups is 4. The third kappa shape index (κ3) is 5.53. The fourth-order valence-corrected chi connectivity index (χ4v) is 11.1. The number of halogens is 2. The van der Waals surface area contributed by atoms with Crippen molar-refractivity contribution in [3.8, 4) is 22.1 Å². The molecule has 2 aliphatic heterocycles. The molecule has 4 heterocycles. The summed E-state index contributed by atoms with van der Waals surface area (Å²) in [6.45, 7) is 5.70. The number of carbonyl (C=O) groups excluding carboxylic acids is 4. The second-order valence-corrected chi connectivity index (χ2v) is 17.5. The average Bonchev–Trinajstić information content (AvgIpc) is 3.86. The monoisotopic (exact) mass is 820 g/mol. The van der Waals surface area contributed by atoms with Gasteiger partial charge in [0.05, 0.1) is 40.8 Å². The fraction of sp³-hybridized carbons (Fsp3) is 0.295. The average molecular weight is 822 g/mol. The number of amides is 4. The summed E-state index contributed by atoms with van der Waals surface area (Å²) in [5, 5.41) is 17.2. The number of rotatable bonds is 6. The number of imide groups is 2. The number of nitrogens with zero attached hydrogens (tertiary/aromatic N) is 4. The maximum Gasteiger partial charge on any atom is 0.242 e. The molecule has 6 atom stereocenters. The summed E-state index contributed by atoms with van der Waals surface area (Å²) in [5.41, 5.74) is 3.20. The molecule has 10 nitrogen and oxygen atoms in total. The Labute approximate surface area is 342 Å². The molecule has 2 aliphatic carbocycles. The molecule has 2 aromatic heterocycles. The quantitative estimate of drug-likeness (QED) is 0.134. The van der Waals surface area contributed by atoms with Gasteiger partial charge in [0.25, 0.3) is 0 Å². The number of aromatic nitrogens is 2. The lowest BCUT2D eigenvalue weighted by Gasteiger charge is -2.47. The van der Waals surface area contributed by atoms with Gasteiger partial charge in [0.2, 0.25) is 23.6 Å². The van der Waals surface area contributed by atoms with E-state index in [2.05, 4.69) is 0 Å². The first-order valence-electron chi connectivity index (χ1n) is 18.7. The molecule has 3 fully saturated rings. The predicted octanol–water partition coefficient (Wildman–Crippen LogP) is 8.92. The number of allylic oxidation sites excluding steroid dienone is 3. The van der Waals surface area contributed by atoms with Crippen LogP contribution in [0.3, 0.4) is 0 Å². The molecule has 0 unspecified atom stereocenters. The van der Waals surface area contributed by atoms with E-state index >= 15 is 4.79 Å². The largest absolute Gasteiger partial charge is 0.504 e. The number of phenolic OH excluding ortho intramolecular Hbond substituents is 1. The number of hydrogen-bond donors (Lipinski definition) is 1. The molecule has 4 aliphatic rings. The highest BCUT2D eigenvalue weighted by Crippen LogP contribution is 2.61. The summed E-state index contributed by atoms with van der Waals surface area (Å²) >= 11 is 14.4. The lowest BCUT2D eigenvalue weighted by atomic mass is 9.52. The Morgan fingerprint density at radius 1 is 0.947 bits per heavy atom. The van der Waals surface area contributed by atoms with Gasteiger partial charge in [-0.3, -0.25) is 23.9 Å². The van der Waals surface area contributed by atoms with Crippen LogP contribution in [0.4, 0.5) is 11.5 Å². The number of thiophene rings is 1. The second-order valence-electron chi connectivity index (χ2n) is 15.6. The molecule has 0 bridgehead atoms. The second kappa shape index (κ2) is 13.4. The molecule has 57 heavy (non-hydrogen) atoms. The lowest BCUT2D eigenvalue weighted by molar-refractivity contribution is -0.132. The van der Waals surface area contributed by atoms with Gasteiger partial charge in [-0.2, -0.15) is 5.10 Å². The zero-order valence-electron chi connectivity index (χ0n) is 31.7. The Morgan fingerprint density at radius 2 is 1.74 bits per heavy atom.